The first-order valence-corrected chi connectivity index (χ1v) is 13.4. The topological polar surface area (TPSA) is 77.6 Å². The number of pyridine rings is 1. The first-order valence-electron chi connectivity index (χ1n) is 13.4. The van der Waals surface area contributed by atoms with E-state index in [0.29, 0.717) is 6.04 Å². The van der Waals surface area contributed by atoms with Crippen LogP contribution in [0.15, 0.2) is 60.7 Å². The Bertz CT molecular complexity index is 1330. The van der Waals surface area contributed by atoms with Crippen molar-refractivity contribution in [2.24, 2.45) is 0 Å². The van der Waals surface area contributed by atoms with E-state index in [2.05, 4.69) is 38.6 Å². The van der Waals surface area contributed by atoms with E-state index in [-0.39, 0.29) is 24.1 Å². The zero-order chi connectivity index (χ0) is 27.4. The highest BCUT2D eigenvalue weighted by atomic mass is 19.4. The number of benzene rings is 2. The van der Waals surface area contributed by atoms with Crippen LogP contribution >= 0.6 is 0 Å². The lowest BCUT2D eigenvalue weighted by atomic mass is 10.1. The molecular formula is C29H32F3N5O2. The Morgan fingerprint density at radius 2 is 1.79 bits per heavy atom. The standard InChI is InChI=1S/C29H32F3N5O2/c30-29(31,32)22-7-3-6-21(17-22)28(39)33-18-27(38)34-23-12-15-37(19-23)24-8-4-14-36(16-13-24)26-11-10-20-5-1-2-9-25(20)35-26/h1-3,5-7,9-11,17,23-24H,4,8,12-16,18-19H2,(H,33,39)(H,34,38)/t23-,24-/m1/s1. The lowest BCUT2D eigenvalue weighted by Crippen LogP contribution is -2.44. The van der Waals surface area contributed by atoms with Gasteiger partial charge in [0.25, 0.3) is 5.91 Å². The summed E-state index contributed by atoms with van der Waals surface area (Å²) >= 11 is 0. The average Bonchev–Trinajstić information content (AvgIpc) is 3.25. The van der Waals surface area contributed by atoms with Gasteiger partial charge in [0.05, 0.1) is 17.6 Å². The molecule has 1 aromatic heterocycles. The second-order valence-corrected chi connectivity index (χ2v) is 10.2. The molecule has 2 amide bonds. The Kier molecular flexibility index (Phi) is 8.02. The fraction of sp³-hybridized carbons (Fsp3) is 0.414. The quantitative estimate of drug-likeness (QED) is 0.490. The van der Waals surface area contributed by atoms with E-state index in [0.717, 1.165) is 80.7 Å². The number of hydrogen-bond acceptors (Lipinski definition) is 5. The molecule has 0 bridgehead atoms. The predicted octanol–water partition coefficient (Wildman–Crippen LogP) is 4.23. The number of carbonyl (C=O) groups excluding carboxylic acids is 2. The number of carbonyl (C=O) groups is 2. The summed E-state index contributed by atoms with van der Waals surface area (Å²) in [6.45, 7) is 3.22. The van der Waals surface area contributed by atoms with Crippen molar-refractivity contribution in [1.29, 1.82) is 0 Å². The Hall–Kier alpha value is -3.66. The Morgan fingerprint density at radius 1 is 0.949 bits per heavy atom. The molecule has 0 saturated carbocycles. The summed E-state index contributed by atoms with van der Waals surface area (Å²) in [6.07, 6.45) is -0.557. The fourth-order valence-electron chi connectivity index (χ4n) is 5.52. The summed E-state index contributed by atoms with van der Waals surface area (Å²) in [5, 5.41) is 6.52. The number of likely N-dealkylation sites (tertiary alicyclic amines) is 1. The third-order valence-corrected chi connectivity index (χ3v) is 7.57. The molecule has 206 valence electrons. The molecule has 2 aromatic carbocycles. The van der Waals surface area contributed by atoms with Crippen LogP contribution in [0.2, 0.25) is 0 Å². The van der Waals surface area contributed by atoms with E-state index < -0.39 is 17.6 Å². The van der Waals surface area contributed by atoms with Crippen LogP contribution in [-0.4, -0.2) is 66.5 Å². The molecule has 2 aliphatic heterocycles. The number of fused-ring (bicyclic) bond motifs is 1. The monoisotopic (exact) mass is 539 g/mol. The summed E-state index contributed by atoms with van der Waals surface area (Å²) in [4.78, 5) is 34.4. The van der Waals surface area contributed by atoms with E-state index >= 15 is 0 Å². The van der Waals surface area contributed by atoms with Crippen LogP contribution in [0.4, 0.5) is 19.0 Å². The van der Waals surface area contributed by atoms with Crippen LogP contribution in [0, 0.1) is 0 Å². The smallest absolute Gasteiger partial charge is 0.357 e. The number of amides is 2. The van der Waals surface area contributed by atoms with Gasteiger partial charge in [0.15, 0.2) is 0 Å². The largest absolute Gasteiger partial charge is 0.416 e. The second-order valence-electron chi connectivity index (χ2n) is 10.2. The summed E-state index contributed by atoms with van der Waals surface area (Å²) < 4.78 is 38.7. The van der Waals surface area contributed by atoms with E-state index in [4.69, 9.17) is 4.98 Å². The maximum Gasteiger partial charge on any atom is 0.416 e. The highest BCUT2D eigenvalue weighted by molar-refractivity contribution is 5.96. The molecule has 5 rings (SSSR count). The van der Waals surface area contributed by atoms with Crippen LogP contribution in [0.1, 0.15) is 41.6 Å². The van der Waals surface area contributed by atoms with Gasteiger partial charge in [-0.25, -0.2) is 4.98 Å². The molecule has 2 fully saturated rings. The predicted molar refractivity (Wildman–Crippen MR) is 143 cm³/mol. The van der Waals surface area contributed by atoms with Crippen LogP contribution in [0.25, 0.3) is 10.9 Å². The number of alkyl halides is 3. The SMILES string of the molecule is O=C(CNC(=O)c1cccc(C(F)(F)F)c1)N[C@@H]1CCN([C@@H]2CCCN(c3ccc4ccccc4n3)CC2)C1. The Morgan fingerprint density at radius 3 is 2.64 bits per heavy atom. The second kappa shape index (κ2) is 11.6. The van der Waals surface area contributed by atoms with Crippen LogP contribution in [0.5, 0.6) is 0 Å². The fourth-order valence-corrected chi connectivity index (χ4v) is 5.52. The van der Waals surface area contributed by atoms with Gasteiger partial charge in [-0.2, -0.15) is 13.2 Å². The number of anilines is 1. The van der Waals surface area contributed by atoms with Crippen LogP contribution in [-0.2, 0) is 11.0 Å². The van der Waals surface area contributed by atoms with E-state index in [1.54, 1.807) is 0 Å². The van der Waals surface area contributed by atoms with E-state index in [1.807, 2.05) is 18.2 Å². The molecule has 2 saturated heterocycles. The third kappa shape index (κ3) is 6.68. The molecule has 0 radical (unpaired) electrons. The van der Waals surface area contributed by atoms with Gasteiger partial charge < -0.3 is 15.5 Å². The minimum absolute atomic E-state index is 0.0236. The van der Waals surface area contributed by atoms with Gasteiger partial charge in [-0.15, -0.1) is 0 Å². The Balaban J connectivity index is 1.08. The van der Waals surface area contributed by atoms with Crippen molar-refractivity contribution in [2.75, 3.05) is 37.6 Å². The zero-order valence-electron chi connectivity index (χ0n) is 21.6. The van der Waals surface area contributed by atoms with E-state index in [1.165, 1.54) is 12.1 Å². The number of nitrogens with one attached hydrogen (secondary N) is 2. The van der Waals surface area contributed by atoms with Gasteiger partial charge in [-0.3, -0.25) is 14.5 Å². The van der Waals surface area contributed by atoms with Crippen molar-refractivity contribution < 1.29 is 22.8 Å². The summed E-state index contributed by atoms with van der Waals surface area (Å²) in [5.41, 5.74) is -0.0355. The third-order valence-electron chi connectivity index (χ3n) is 7.57. The molecular weight excluding hydrogens is 507 g/mol. The normalized spacial score (nSPS) is 20.5. The molecule has 2 aliphatic rings. The molecule has 10 heteroatoms. The molecule has 7 nitrogen and oxygen atoms in total. The molecule has 0 aliphatic carbocycles. The highest BCUT2D eigenvalue weighted by Crippen LogP contribution is 2.29. The molecule has 39 heavy (non-hydrogen) atoms. The molecule has 2 N–H and O–H groups in total. The number of hydrogen-bond donors (Lipinski definition) is 2. The van der Waals surface area contributed by atoms with E-state index in [9.17, 15) is 22.8 Å². The number of rotatable bonds is 6. The van der Waals surface area contributed by atoms with Gasteiger partial charge in [-0.05, 0) is 62.1 Å². The molecule has 3 aromatic rings. The maximum absolute atomic E-state index is 12.9. The molecule has 2 atom stereocenters. The summed E-state index contributed by atoms with van der Waals surface area (Å²) in [6, 6.07) is 16.9. The maximum atomic E-state index is 12.9. The number of nitrogens with zero attached hydrogens (tertiary/aromatic N) is 3. The van der Waals surface area contributed by atoms with Crippen molar-refractivity contribution in [1.82, 2.24) is 20.5 Å². The molecule has 0 spiro atoms. The van der Waals surface area contributed by atoms with Crippen LogP contribution < -0.4 is 15.5 Å². The van der Waals surface area contributed by atoms with Gasteiger partial charge >= 0.3 is 6.18 Å². The highest BCUT2D eigenvalue weighted by Gasteiger charge is 2.32. The van der Waals surface area contributed by atoms with Gasteiger partial charge in [-0.1, -0.05) is 24.3 Å². The minimum atomic E-state index is -4.54. The zero-order valence-corrected chi connectivity index (χ0v) is 21.6. The lowest BCUT2D eigenvalue weighted by molar-refractivity contribution is -0.137. The number of para-hydroxylation sites is 1. The first-order chi connectivity index (χ1) is 18.8. The minimum Gasteiger partial charge on any atom is -0.357 e. The Labute approximate surface area is 225 Å². The van der Waals surface area contributed by atoms with Crippen molar-refractivity contribution in [3.8, 4) is 0 Å². The molecule has 0 unspecified atom stereocenters. The van der Waals surface area contributed by atoms with Gasteiger partial charge in [0.2, 0.25) is 5.91 Å². The summed E-state index contributed by atoms with van der Waals surface area (Å²) in [7, 11) is 0. The van der Waals surface area contributed by atoms with Crippen LogP contribution in [0.3, 0.4) is 0 Å². The first kappa shape index (κ1) is 26.9. The van der Waals surface area contributed by atoms with Crippen molar-refractivity contribution in [3.05, 3.63) is 71.8 Å². The van der Waals surface area contributed by atoms with Crippen molar-refractivity contribution in [2.45, 2.75) is 43.9 Å². The summed E-state index contributed by atoms with van der Waals surface area (Å²) in [5.74, 6) is -0.0575. The average molecular weight is 540 g/mol. The van der Waals surface area contributed by atoms with Crippen molar-refractivity contribution >= 4 is 28.5 Å². The number of aromatic nitrogens is 1. The van der Waals surface area contributed by atoms with Gasteiger partial charge in [0.1, 0.15) is 5.82 Å². The molecule has 3 heterocycles. The van der Waals surface area contributed by atoms with Gasteiger partial charge in [0, 0.05) is 49.2 Å². The lowest BCUT2D eigenvalue weighted by Gasteiger charge is -2.27. The van der Waals surface area contributed by atoms with Crippen molar-refractivity contribution in [3.63, 3.8) is 0 Å². The number of halogens is 3.